The van der Waals surface area contributed by atoms with E-state index in [-0.39, 0.29) is 11.6 Å². The monoisotopic (exact) mass is 556 g/mol. The first-order valence-electron chi connectivity index (χ1n) is 12.8. The number of fused-ring (bicyclic) bond motifs is 1. The number of aromatic amines is 1. The average Bonchev–Trinajstić information content (AvgIpc) is 3.73. The number of imidazole rings is 1. The molecule has 5 aromatic rings. The number of carbonyl (C=O) groups is 1. The zero-order chi connectivity index (χ0) is 28.0. The first-order valence-corrected chi connectivity index (χ1v) is 13.2. The first kappa shape index (κ1) is 25.5. The Kier molecular flexibility index (Phi) is 6.43. The number of nitrogens with zero attached hydrogens (tertiary/aromatic N) is 7. The number of aryl methyl sites for hydroxylation is 2. The van der Waals surface area contributed by atoms with Crippen molar-refractivity contribution in [1.29, 1.82) is 0 Å². The molecule has 4 heterocycles. The summed E-state index contributed by atoms with van der Waals surface area (Å²) in [4.78, 5) is 34.1. The molecule has 6 rings (SSSR count). The van der Waals surface area contributed by atoms with Crippen LogP contribution < -0.4 is 10.5 Å². The second kappa shape index (κ2) is 10.1. The van der Waals surface area contributed by atoms with Crippen LogP contribution in [0.25, 0.3) is 28.1 Å². The average molecular weight is 557 g/mol. The van der Waals surface area contributed by atoms with Gasteiger partial charge in [-0.2, -0.15) is 4.68 Å². The number of benzene rings is 2. The van der Waals surface area contributed by atoms with Crippen LogP contribution in [0.3, 0.4) is 0 Å². The van der Waals surface area contributed by atoms with Gasteiger partial charge in [-0.3, -0.25) is 9.69 Å². The van der Waals surface area contributed by atoms with Crippen LogP contribution in [0.4, 0.5) is 10.5 Å². The molecule has 2 N–H and O–H groups in total. The minimum Gasteiger partial charge on any atom is -0.465 e. The molecular formula is C28H25ClN8O3. The number of aromatic nitrogens is 7. The maximum absolute atomic E-state index is 13.5. The molecule has 0 saturated heterocycles. The Morgan fingerprint density at radius 1 is 1.18 bits per heavy atom. The Morgan fingerprint density at radius 2 is 2.02 bits per heavy atom. The van der Waals surface area contributed by atoms with Crippen LogP contribution >= 0.6 is 11.6 Å². The number of halogens is 1. The lowest BCUT2D eigenvalue weighted by Crippen LogP contribution is -2.24. The van der Waals surface area contributed by atoms with Crippen molar-refractivity contribution in [1.82, 2.24) is 34.7 Å². The molecule has 0 aliphatic carbocycles. The zero-order valence-corrected chi connectivity index (χ0v) is 22.5. The van der Waals surface area contributed by atoms with Crippen LogP contribution in [0.2, 0.25) is 5.02 Å². The van der Waals surface area contributed by atoms with Gasteiger partial charge >= 0.3 is 6.09 Å². The summed E-state index contributed by atoms with van der Waals surface area (Å²) in [5, 5.41) is 21.3. The van der Waals surface area contributed by atoms with Crippen molar-refractivity contribution >= 4 is 23.4 Å². The number of hydrogen-bond acceptors (Lipinski definition) is 6. The van der Waals surface area contributed by atoms with E-state index in [2.05, 4.69) is 25.5 Å². The van der Waals surface area contributed by atoms with E-state index < -0.39 is 6.09 Å². The van der Waals surface area contributed by atoms with Crippen LogP contribution in [0, 0.1) is 0 Å². The van der Waals surface area contributed by atoms with Crippen molar-refractivity contribution in [2.45, 2.75) is 32.2 Å². The normalized spacial score (nSPS) is 14.3. The fourth-order valence-electron chi connectivity index (χ4n) is 5.32. The Hall–Kier alpha value is -4.77. The molecule has 12 heteroatoms. The van der Waals surface area contributed by atoms with E-state index in [4.69, 9.17) is 11.6 Å². The molecule has 202 valence electrons. The van der Waals surface area contributed by atoms with Gasteiger partial charge in [-0.25, -0.2) is 9.78 Å². The van der Waals surface area contributed by atoms with Gasteiger partial charge in [0.15, 0.2) is 0 Å². The number of H-pyrrole nitrogens is 1. The third kappa shape index (κ3) is 4.43. The van der Waals surface area contributed by atoms with Crippen LogP contribution in [0.1, 0.15) is 36.5 Å². The summed E-state index contributed by atoms with van der Waals surface area (Å²) in [5.41, 5.74) is 6.35. The lowest BCUT2D eigenvalue weighted by Gasteiger charge is -2.16. The third-order valence-electron chi connectivity index (χ3n) is 7.34. The van der Waals surface area contributed by atoms with E-state index in [1.165, 1.54) is 18.3 Å². The van der Waals surface area contributed by atoms with Crippen LogP contribution in [0.5, 0.6) is 0 Å². The molecular weight excluding hydrogens is 532 g/mol. The number of hydrogen-bond donors (Lipinski definition) is 2. The van der Waals surface area contributed by atoms with E-state index in [1.807, 2.05) is 31.2 Å². The standard InChI is InChI=1S/C28H25ClN8O3/c1-3-16-10-19(35(2)28(39)40)5-7-21(16)23-14-30-27(32-23)25-9-6-20-11-17(12-26(38)37(20)25)22-13-18(29)4-8-24(22)36-15-31-33-34-36/h4-5,7-8,10-15,25H,3,6,9H2,1-2H3,(H,30,32)(H,39,40). The van der Waals surface area contributed by atoms with Crippen molar-refractivity contribution in [2.24, 2.45) is 0 Å². The first-order chi connectivity index (χ1) is 19.3. The van der Waals surface area contributed by atoms with Gasteiger partial charge in [-0.05, 0) is 77.2 Å². The molecule has 1 unspecified atom stereocenters. The Bertz CT molecular complexity index is 1790. The number of amides is 1. The second-order valence-electron chi connectivity index (χ2n) is 9.63. The predicted octanol–water partition coefficient (Wildman–Crippen LogP) is 4.75. The summed E-state index contributed by atoms with van der Waals surface area (Å²) in [5.74, 6) is 0.703. The van der Waals surface area contributed by atoms with E-state index in [1.54, 1.807) is 39.7 Å². The largest absolute Gasteiger partial charge is 0.465 e. The maximum atomic E-state index is 13.5. The molecule has 0 spiro atoms. The Labute approximate surface area is 233 Å². The molecule has 40 heavy (non-hydrogen) atoms. The summed E-state index contributed by atoms with van der Waals surface area (Å²) >= 11 is 6.32. The zero-order valence-electron chi connectivity index (χ0n) is 21.7. The molecule has 0 fully saturated rings. The van der Waals surface area contributed by atoms with Gasteiger partial charge in [-0.1, -0.05) is 24.6 Å². The smallest absolute Gasteiger partial charge is 0.411 e. The number of nitrogens with one attached hydrogen (secondary N) is 1. The minimum absolute atomic E-state index is 0.133. The molecule has 0 saturated carbocycles. The van der Waals surface area contributed by atoms with Crippen molar-refractivity contribution < 1.29 is 9.90 Å². The van der Waals surface area contributed by atoms with Gasteiger partial charge in [-0.15, -0.1) is 5.10 Å². The molecule has 11 nitrogen and oxygen atoms in total. The molecule has 1 amide bonds. The number of carboxylic acid groups (broad SMARTS) is 1. The summed E-state index contributed by atoms with van der Waals surface area (Å²) in [6.07, 6.45) is 4.40. The summed E-state index contributed by atoms with van der Waals surface area (Å²) in [6.45, 7) is 2.02. The highest BCUT2D eigenvalue weighted by Gasteiger charge is 2.28. The van der Waals surface area contributed by atoms with Crippen molar-refractivity contribution in [2.75, 3.05) is 11.9 Å². The molecule has 0 radical (unpaired) electrons. The number of anilines is 1. The predicted molar refractivity (Wildman–Crippen MR) is 150 cm³/mol. The fourth-order valence-corrected chi connectivity index (χ4v) is 5.49. The van der Waals surface area contributed by atoms with Gasteiger partial charge in [0.2, 0.25) is 0 Å². The fraction of sp³-hybridized carbons (Fsp3) is 0.214. The highest BCUT2D eigenvalue weighted by Crippen LogP contribution is 2.35. The number of pyridine rings is 1. The molecule has 1 aliphatic rings. The molecule has 0 bridgehead atoms. The van der Waals surface area contributed by atoms with Gasteiger partial charge in [0, 0.05) is 40.6 Å². The number of rotatable bonds is 6. The third-order valence-corrected chi connectivity index (χ3v) is 7.58. The summed E-state index contributed by atoms with van der Waals surface area (Å²) < 4.78 is 3.33. The quantitative estimate of drug-likeness (QED) is 0.308. The van der Waals surface area contributed by atoms with Crippen LogP contribution in [0.15, 0.2) is 65.8 Å². The van der Waals surface area contributed by atoms with E-state index in [9.17, 15) is 14.7 Å². The van der Waals surface area contributed by atoms with Crippen LogP contribution in [-0.4, -0.2) is 53.0 Å². The lowest BCUT2D eigenvalue weighted by molar-refractivity contribution is 0.203. The SMILES string of the molecule is CCc1cc(N(C)C(=O)O)ccc1-c1cnc(C2CCc3cc(-c4cc(Cl)ccc4-n4cnnn4)cc(=O)n32)[nH]1. The maximum Gasteiger partial charge on any atom is 0.411 e. The van der Waals surface area contributed by atoms with Crippen LogP contribution in [-0.2, 0) is 12.8 Å². The van der Waals surface area contributed by atoms with Crippen molar-refractivity contribution in [3.8, 4) is 28.1 Å². The molecule has 3 aromatic heterocycles. The molecule has 1 aliphatic heterocycles. The topological polar surface area (TPSA) is 135 Å². The van der Waals surface area contributed by atoms with Gasteiger partial charge < -0.3 is 14.7 Å². The molecule has 1 atom stereocenters. The second-order valence-corrected chi connectivity index (χ2v) is 10.1. The van der Waals surface area contributed by atoms with E-state index in [0.29, 0.717) is 23.0 Å². The molecule has 2 aromatic carbocycles. The number of tetrazole rings is 1. The highest BCUT2D eigenvalue weighted by atomic mass is 35.5. The summed E-state index contributed by atoms with van der Waals surface area (Å²) in [6, 6.07) is 14.3. The van der Waals surface area contributed by atoms with Gasteiger partial charge in [0.25, 0.3) is 5.56 Å². The highest BCUT2D eigenvalue weighted by molar-refractivity contribution is 6.31. The van der Waals surface area contributed by atoms with Gasteiger partial charge in [0.1, 0.15) is 12.2 Å². The van der Waals surface area contributed by atoms with Gasteiger partial charge in [0.05, 0.1) is 23.6 Å². The lowest BCUT2D eigenvalue weighted by atomic mass is 10.0. The van der Waals surface area contributed by atoms with E-state index in [0.717, 1.165) is 52.2 Å². The Morgan fingerprint density at radius 3 is 2.77 bits per heavy atom. The minimum atomic E-state index is -1.02. The Balaban J connectivity index is 1.34. The van der Waals surface area contributed by atoms with Crippen molar-refractivity contribution in [3.05, 3.63) is 93.5 Å². The summed E-state index contributed by atoms with van der Waals surface area (Å²) in [7, 11) is 1.52. The van der Waals surface area contributed by atoms with Crippen molar-refractivity contribution in [3.63, 3.8) is 0 Å². The van der Waals surface area contributed by atoms with E-state index >= 15 is 0 Å².